The summed E-state index contributed by atoms with van der Waals surface area (Å²) < 4.78 is 5.02. The van der Waals surface area contributed by atoms with Crippen molar-refractivity contribution < 1.29 is 23.6 Å². The summed E-state index contributed by atoms with van der Waals surface area (Å²) in [7, 11) is 1.66. The molecule has 0 radical (unpaired) electrons. The Morgan fingerprint density at radius 2 is 2.00 bits per heavy atom. The summed E-state index contributed by atoms with van der Waals surface area (Å²) in [6, 6.07) is 5.84. The first-order valence-electron chi connectivity index (χ1n) is 3.20. The molecule has 0 bridgehead atoms. The van der Waals surface area contributed by atoms with Crippen LogP contribution in [0.1, 0.15) is 11.1 Å². The van der Waals surface area contributed by atoms with Crippen LogP contribution in [0.2, 0.25) is 0 Å². The van der Waals surface area contributed by atoms with Gasteiger partial charge in [-0.3, -0.25) is 0 Å². The van der Waals surface area contributed by atoms with Gasteiger partial charge in [-0.05, 0) is 0 Å². The fraction of sp³-hybridized carbons (Fsp3) is 0.222. The zero-order valence-corrected chi connectivity index (χ0v) is 7.35. The van der Waals surface area contributed by atoms with Crippen molar-refractivity contribution in [3.05, 3.63) is 36.2 Å². The molecule has 11 heavy (non-hydrogen) atoms. The minimum atomic E-state index is 0. The van der Waals surface area contributed by atoms with Crippen LogP contribution in [0.25, 0.3) is 0 Å². The molecular formula is C9H11LiO. The van der Waals surface area contributed by atoms with Gasteiger partial charge in [0.25, 0.3) is 0 Å². The van der Waals surface area contributed by atoms with Crippen LogP contribution in [0.3, 0.4) is 0 Å². The van der Waals surface area contributed by atoms with Gasteiger partial charge in [0.2, 0.25) is 0 Å². The number of methoxy groups -OCH3 is 1. The summed E-state index contributed by atoms with van der Waals surface area (Å²) in [4.78, 5) is 0. The van der Waals surface area contributed by atoms with Gasteiger partial charge in [-0.1, -0.05) is 19.1 Å². The van der Waals surface area contributed by atoms with E-state index < -0.39 is 0 Å². The van der Waals surface area contributed by atoms with Gasteiger partial charge in [0.05, 0.1) is 12.9 Å². The van der Waals surface area contributed by atoms with Crippen molar-refractivity contribution in [3.8, 4) is 5.75 Å². The Morgan fingerprint density at radius 3 is 2.45 bits per heavy atom. The van der Waals surface area contributed by atoms with Gasteiger partial charge in [0.15, 0.2) is 0 Å². The SMILES string of the molecule is [CH2-]c1ccc(OC)cc1C.[Li+]. The fourth-order valence-corrected chi connectivity index (χ4v) is 0.795. The molecule has 1 aromatic rings. The Balaban J connectivity index is 0.000001000. The van der Waals surface area contributed by atoms with Crippen LogP contribution in [-0.4, -0.2) is 7.11 Å². The Kier molecular flexibility index (Phi) is 4.18. The van der Waals surface area contributed by atoms with Crippen molar-refractivity contribution in [2.75, 3.05) is 7.11 Å². The van der Waals surface area contributed by atoms with E-state index in [0.717, 1.165) is 11.3 Å². The minimum absolute atomic E-state index is 0. The van der Waals surface area contributed by atoms with Gasteiger partial charge in [-0.15, -0.1) is 5.56 Å². The van der Waals surface area contributed by atoms with Crippen molar-refractivity contribution in [1.29, 1.82) is 0 Å². The molecule has 0 atom stereocenters. The monoisotopic (exact) mass is 142 g/mol. The molecule has 0 heterocycles. The first kappa shape index (κ1) is 10.5. The molecule has 0 aliphatic rings. The summed E-state index contributed by atoms with van der Waals surface area (Å²) >= 11 is 0. The van der Waals surface area contributed by atoms with E-state index >= 15 is 0 Å². The van der Waals surface area contributed by atoms with Gasteiger partial charge in [-0.2, -0.15) is 18.6 Å². The van der Waals surface area contributed by atoms with Crippen LogP contribution in [0, 0.1) is 13.8 Å². The van der Waals surface area contributed by atoms with Crippen LogP contribution in [-0.2, 0) is 0 Å². The summed E-state index contributed by atoms with van der Waals surface area (Å²) in [5, 5.41) is 0. The molecule has 0 fully saturated rings. The van der Waals surface area contributed by atoms with E-state index in [0.29, 0.717) is 0 Å². The summed E-state index contributed by atoms with van der Waals surface area (Å²) in [5.74, 6) is 0.893. The van der Waals surface area contributed by atoms with Gasteiger partial charge in [0.1, 0.15) is 0 Å². The molecule has 1 nitrogen and oxygen atoms in total. The molecule has 0 unspecified atom stereocenters. The van der Waals surface area contributed by atoms with Crippen LogP contribution in [0.15, 0.2) is 18.2 Å². The molecule has 0 spiro atoms. The molecule has 0 N–H and O–H groups in total. The third kappa shape index (κ3) is 2.53. The Hall–Kier alpha value is -0.513. The van der Waals surface area contributed by atoms with E-state index in [1.54, 1.807) is 7.11 Å². The number of hydrogen-bond donors (Lipinski definition) is 0. The number of rotatable bonds is 1. The fourth-order valence-electron chi connectivity index (χ4n) is 0.795. The predicted molar refractivity (Wildman–Crippen MR) is 42.2 cm³/mol. The average Bonchev–Trinajstić information content (AvgIpc) is 1.95. The quantitative estimate of drug-likeness (QED) is 0.368. The molecule has 1 aromatic carbocycles. The normalized spacial score (nSPS) is 8.55. The second-order valence-electron chi connectivity index (χ2n) is 2.29. The van der Waals surface area contributed by atoms with Crippen LogP contribution < -0.4 is 23.6 Å². The molecule has 54 valence electrons. The van der Waals surface area contributed by atoms with Gasteiger partial charge >= 0.3 is 18.9 Å². The minimum Gasteiger partial charge on any atom is -0.499 e. The van der Waals surface area contributed by atoms with E-state index in [-0.39, 0.29) is 18.9 Å². The maximum atomic E-state index is 5.02. The number of ether oxygens (including phenoxy) is 1. The van der Waals surface area contributed by atoms with Crippen LogP contribution >= 0.6 is 0 Å². The maximum absolute atomic E-state index is 5.02. The third-order valence-electron chi connectivity index (χ3n) is 1.55. The number of aryl methyl sites for hydroxylation is 1. The van der Waals surface area contributed by atoms with Crippen molar-refractivity contribution in [2.24, 2.45) is 0 Å². The molecule has 0 aromatic heterocycles. The molecule has 0 aliphatic heterocycles. The summed E-state index contributed by atoms with van der Waals surface area (Å²) in [6.45, 7) is 5.86. The predicted octanol–water partition coefficient (Wildman–Crippen LogP) is -0.810. The van der Waals surface area contributed by atoms with E-state index in [2.05, 4.69) is 6.92 Å². The average molecular weight is 142 g/mol. The number of benzene rings is 1. The first-order chi connectivity index (χ1) is 4.74. The molecule has 0 saturated carbocycles. The van der Waals surface area contributed by atoms with Crippen molar-refractivity contribution in [3.63, 3.8) is 0 Å². The van der Waals surface area contributed by atoms with Crippen LogP contribution in [0.4, 0.5) is 0 Å². The third-order valence-corrected chi connectivity index (χ3v) is 1.55. The molecule has 0 aliphatic carbocycles. The Bertz CT molecular complexity index is 233. The molecule has 2 heteroatoms. The van der Waals surface area contributed by atoms with E-state index in [9.17, 15) is 0 Å². The first-order valence-corrected chi connectivity index (χ1v) is 3.20. The maximum Gasteiger partial charge on any atom is 1.00 e. The summed E-state index contributed by atoms with van der Waals surface area (Å²) in [6.07, 6.45) is 0. The van der Waals surface area contributed by atoms with Crippen LogP contribution in [0.5, 0.6) is 5.75 Å². The zero-order valence-electron chi connectivity index (χ0n) is 7.35. The molecular weight excluding hydrogens is 131 g/mol. The van der Waals surface area contributed by atoms with E-state index in [4.69, 9.17) is 4.74 Å². The molecule has 0 amide bonds. The largest absolute Gasteiger partial charge is 1.00 e. The van der Waals surface area contributed by atoms with Crippen molar-refractivity contribution >= 4 is 0 Å². The van der Waals surface area contributed by atoms with Crippen molar-refractivity contribution in [1.82, 2.24) is 0 Å². The number of hydrogen-bond acceptors (Lipinski definition) is 1. The van der Waals surface area contributed by atoms with E-state index in [1.165, 1.54) is 5.56 Å². The molecule has 1 rings (SSSR count). The second-order valence-corrected chi connectivity index (χ2v) is 2.29. The van der Waals surface area contributed by atoms with Crippen molar-refractivity contribution in [2.45, 2.75) is 6.92 Å². The smallest absolute Gasteiger partial charge is 0.499 e. The Labute approximate surface area is 79.9 Å². The molecule has 0 saturated heterocycles. The standard InChI is InChI=1S/C9H11O.Li/c1-7-4-5-9(10-3)6-8(7)2;/h4-6H,1H2,2-3H3;/q-1;+1. The van der Waals surface area contributed by atoms with Gasteiger partial charge < -0.3 is 4.74 Å². The van der Waals surface area contributed by atoms with Gasteiger partial charge in [0, 0.05) is 0 Å². The van der Waals surface area contributed by atoms with E-state index in [1.807, 2.05) is 25.1 Å². The van der Waals surface area contributed by atoms with Gasteiger partial charge in [-0.25, -0.2) is 0 Å². The Morgan fingerprint density at radius 1 is 1.36 bits per heavy atom. The summed E-state index contributed by atoms with van der Waals surface area (Å²) in [5.41, 5.74) is 2.22. The second kappa shape index (κ2) is 4.38. The zero-order chi connectivity index (χ0) is 7.56. The topological polar surface area (TPSA) is 9.23 Å².